The van der Waals surface area contributed by atoms with E-state index >= 15 is 0 Å². The summed E-state index contributed by atoms with van der Waals surface area (Å²) < 4.78 is 5.33. The van der Waals surface area contributed by atoms with Crippen LogP contribution in [0, 0.1) is 29.6 Å². The highest BCUT2D eigenvalue weighted by Gasteiger charge is 2.36. The van der Waals surface area contributed by atoms with Crippen LogP contribution in [0.3, 0.4) is 0 Å². The first-order chi connectivity index (χ1) is 6.61. The number of hydrogen-bond donors (Lipinski definition) is 0. The number of ether oxygens (including phenoxy) is 1. The first kappa shape index (κ1) is 12.0. The summed E-state index contributed by atoms with van der Waals surface area (Å²) in [7, 11) is 1.83. The molecule has 0 saturated heterocycles. The Morgan fingerprint density at radius 3 is 2.07 bits per heavy atom. The van der Waals surface area contributed by atoms with Crippen LogP contribution >= 0.6 is 0 Å². The Morgan fingerprint density at radius 2 is 1.57 bits per heavy atom. The Morgan fingerprint density at radius 1 is 1.00 bits per heavy atom. The van der Waals surface area contributed by atoms with Gasteiger partial charge in [-0.05, 0) is 36.0 Å². The smallest absolute Gasteiger partial charge is 0.0493 e. The predicted molar refractivity (Wildman–Crippen MR) is 61.3 cm³/mol. The van der Waals surface area contributed by atoms with Gasteiger partial charge in [-0.3, -0.25) is 0 Å². The van der Waals surface area contributed by atoms with E-state index in [4.69, 9.17) is 4.74 Å². The molecule has 0 aromatic carbocycles. The van der Waals surface area contributed by atoms with Gasteiger partial charge >= 0.3 is 0 Å². The fraction of sp³-hybridized carbons (Fsp3) is 1.00. The molecule has 0 aromatic heterocycles. The molecule has 0 aromatic rings. The first-order valence-corrected chi connectivity index (χ1v) is 6.10. The minimum absolute atomic E-state index is 0.788. The van der Waals surface area contributed by atoms with E-state index in [2.05, 4.69) is 27.7 Å². The van der Waals surface area contributed by atoms with E-state index in [0.29, 0.717) is 0 Å². The molecule has 0 N–H and O–H groups in total. The summed E-state index contributed by atoms with van der Waals surface area (Å²) in [5.41, 5.74) is 0. The lowest BCUT2D eigenvalue weighted by atomic mass is 9.63. The zero-order valence-electron chi connectivity index (χ0n) is 10.4. The third-order valence-corrected chi connectivity index (χ3v) is 4.66. The van der Waals surface area contributed by atoms with Crippen LogP contribution in [-0.4, -0.2) is 13.7 Å². The second-order valence-corrected chi connectivity index (χ2v) is 5.20. The average molecular weight is 198 g/mol. The van der Waals surface area contributed by atoms with Gasteiger partial charge < -0.3 is 4.74 Å². The van der Waals surface area contributed by atoms with Crippen molar-refractivity contribution in [2.75, 3.05) is 13.7 Å². The Labute approximate surface area is 89.2 Å². The molecule has 0 heterocycles. The zero-order valence-corrected chi connectivity index (χ0v) is 10.4. The number of rotatable bonds is 3. The van der Waals surface area contributed by atoms with E-state index in [1.807, 2.05) is 7.11 Å². The zero-order chi connectivity index (χ0) is 10.7. The van der Waals surface area contributed by atoms with E-state index in [9.17, 15) is 0 Å². The fourth-order valence-electron chi connectivity index (χ4n) is 3.13. The van der Waals surface area contributed by atoms with Crippen LogP contribution in [0.1, 0.15) is 40.5 Å². The molecule has 1 fully saturated rings. The highest BCUT2D eigenvalue weighted by atomic mass is 16.5. The second-order valence-electron chi connectivity index (χ2n) is 5.20. The molecule has 1 heteroatoms. The Hall–Kier alpha value is -0.0400. The Kier molecular flexibility index (Phi) is 4.43. The molecule has 1 saturated carbocycles. The van der Waals surface area contributed by atoms with Gasteiger partial charge in [0.2, 0.25) is 0 Å². The van der Waals surface area contributed by atoms with Gasteiger partial charge in [-0.25, -0.2) is 0 Å². The third kappa shape index (κ3) is 2.31. The molecule has 1 aliphatic carbocycles. The molecule has 5 atom stereocenters. The highest BCUT2D eigenvalue weighted by molar-refractivity contribution is 4.85. The normalized spacial score (nSPS) is 43.9. The summed E-state index contributed by atoms with van der Waals surface area (Å²) >= 11 is 0. The monoisotopic (exact) mass is 198 g/mol. The van der Waals surface area contributed by atoms with Crippen LogP contribution in [0.5, 0.6) is 0 Å². The van der Waals surface area contributed by atoms with Gasteiger partial charge in [0.05, 0.1) is 0 Å². The molecule has 1 nitrogen and oxygen atoms in total. The first-order valence-electron chi connectivity index (χ1n) is 6.10. The molecule has 0 aliphatic heterocycles. The van der Waals surface area contributed by atoms with Crippen molar-refractivity contribution in [2.45, 2.75) is 40.5 Å². The van der Waals surface area contributed by atoms with Crippen molar-refractivity contribution >= 4 is 0 Å². The van der Waals surface area contributed by atoms with Crippen molar-refractivity contribution < 1.29 is 4.74 Å². The molecule has 0 bridgehead atoms. The van der Waals surface area contributed by atoms with Gasteiger partial charge in [-0.1, -0.05) is 34.1 Å². The summed E-state index contributed by atoms with van der Waals surface area (Å²) in [5.74, 6) is 4.28. The molecular weight excluding hydrogens is 172 g/mol. The van der Waals surface area contributed by atoms with Crippen molar-refractivity contribution in [2.24, 2.45) is 29.6 Å². The quantitative estimate of drug-likeness (QED) is 0.673. The van der Waals surface area contributed by atoms with Crippen molar-refractivity contribution in [1.82, 2.24) is 0 Å². The maximum Gasteiger partial charge on any atom is 0.0493 e. The molecular formula is C13H26O. The SMILES string of the molecule is CC[C@H]1C[C@H](COC)[C@H](C)[C@H](C)[C@H]1C. The number of methoxy groups -OCH3 is 1. The maximum absolute atomic E-state index is 5.33. The molecule has 14 heavy (non-hydrogen) atoms. The summed E-state index contributed by atoms with van der Waals surface area (Å²) in [4.78, 5) is 0. The summed E-state index contributed by atoms with van der Waals surface area (Å²) in [5, 5.41) is 0. The van der Waals surface area contributed by atoms with Gasteiger partial charge in [0, 0.05) is 13.7 Å². The number of hydrogen-bond acceptors (Lipinski definition) is 1. The van der Waals surface area contributed by atoms with E-state index < -0.39 is 0 Å². The topological polar surface area (TPSA) is 9.23 Å². The van der Waals surface area contributed by atoms with E-state index in [1.54, 1.807) is 0 Å². The van der Waals surface area contributed by atoms with E-state index in [0.717, 1.165) is 36.2 Å². The molecule has 0 amide bonds. The third-order valence-electron chi connectivity index (χ3n) is 4.66. The van der Waals surface area contributed by atoms with Gasteiger partial charge in [0.1, 0.15) is 0 Å². The molecule has 0 radical (unpaired) electrons. The van der Waals surface area contributed by atoms with Crippen LogP contribution in [0.2, 0.25) is 0 Å². The largest absolute Gasteiger partial charge is 0.384 e. The van der Waals surface area contributed by atoms with Gasteiger partial charge in [0.25, 0.3) is 0 Å². The van der Waals surface area contributed by atoms with Crippen LogP contribution in [-0.2, 0) is 4.74 Å². The second kappa shape index (κ2) is 5.16. The van der Waals surface area contributed by atoms with Crippen LogP contribution in [0.15, 0.2) is 0 Å². The van der Waals surface area contributed by atoms with E-state index in [1.165, 1.54) is 12.8 Å². The molecule has 0 unspecified atom stereocenters. The molecule has 0 spiro atoms. The van der Waals surface area contributed by atoms with Gasteiger partial charge in [-0.2, -0.15) is 0 Å². The minimum atomic E-state index is 0.788. The molecule has 1 aliphatic rings. The lowest BCUT2D eigenvalue weighted by molar-refractivity contribution is 0.0172. The lowest BCUT2D eigenvalue weighted by Crippen LogP contribution is -2.37. The van der Waals surface area contributed by atoms with E-state index in [-0.39, 0.29) is 0 Å². The Bertz CT molecular complexity index is 163. The standard InChI is InChI=1S/C13H26O/c1-6-12-7-13(8-14-5)11(4)9(2)10(12)3/h9-13H,6-8H2,1-5H3/t9-,10-,11-,12+,13-/m1/s1. The highest BCUT2D eigenvalue weighted by Crippen LogP contribution is 2.43. The maximum atomic E-state index is 5.33. The average Bonchev–Trinajstić information content (AvgIpc) is 2.19. The summed E-state index contributed by atoms with van der Waals surface area (Å²) in [6.07, 6.45) is 2.70. The summed E-state index contributed by atoms with van der Waals surface area (Å²) in [6, 6.07) is 0. The van der Waals surface area contributed by atoms with Gasteiger partial charge in [0.15, 0.2) is 0 Å². The van der Waals surface area contributed by atoms with Crippen molar-refractivity contribution in [3.05, 3.63) is 0 Å². The van der Waals surface area contributed by atoms with Crippen LogP contribution < -0.4 is 0 Å². The molecule has 1 rings (SSSR count). The fourth-order valence-corrected chi connectivity index (χ4v) is 3.13. The van der Waals surface area contributed by atoms with Crippen molar-refractivity contribution in [1.29, 1.82) is 0 Å². The Balaban J connectivity index is 2.63. The van der Waals surface area contributed by atoms with Crippen LogP contribution in [0.4, 0.5) is 0 Å². The minimum Gasteiger partial charge on any atom is -0.384 e. The predicted octanol–water partition coefficient (Wildman–Crippen LogP) is 3.59. The van der Waals surface area contributed by atoms with Crippen molar-refractivity contribution in [3.63, 3.8) is 0 Å². The molecule has 84 valence electrons. The van der Waals surface area contributed by atoms with Gasteiger partial charge in [-0.15, -0.1) is 0 Å². The van der Waals surface area contributed by atoms with Crippen molar-refractivity contribution in [3.8, 4) is 0 Å². The lowest BCUT2D eigenvalue weighted by Gasteiger charge is -2.43. The summed E-state index contributed by atoms with van der Waals surface area (Å²) in [6.45, 7) is 10.5. The van der Waals surface area contributed by atoms with Crippen LogP contribution in [0.25, 0.3) is 0 Å².